The Morgan fingerprint density at radius 2 is 1.95 bits per heavy atom. The molecule has 20 heavy (non-hydrogen) atoms. The summed E-state index contributed by atoms with van der Waals surface area (Å²) in [4.78, 5) is 8.00. The van der Waals surface area contributed by atoms with E-state index in [4.69, 9.17) is 12.2 Å². The molecule has 0 saturated heterocycles. The lowest BCUT2D eigenvalue weighted by Gasteiger charge is -2.17. The lowest BCUT2D eigenvalue weighted by atomic mass is 10.0. The van der Waals surface area contributed by atoms with Gasteiger partial charge in [-0.15, -0.1) is 0 Å². The number of nitrogens with one attached hydrogen (secondary N) is 2. The monoisotopic (exact) mass is 285 g/mol. The summed E-state index contributed by atoms with van der Waals surface area (Å²) in [6.45, 7) is 6.22. The predicted octanol–water partition coefficient (Wildman–Crippen LogP) is 3.58. The Kier molecular flexibility index (Phi) is 3.68. The van der Waals surface area contributed by atoms with Crippen LogP contribution in [-0.2, 0) is 13.0 Å². The minimum Gasteiger partial charge on any atom is -0.343 e. The Morgan fingerprint density at radius 1 is 1.20 bits per heavy atom. The summed E-state index contributed by atoms with van der Waals surface area (Å²) in [6, 6.07) is 8.58. The number of hydrogen-bond acceptors (Lipinski definition) is 3. The summed E-state index contributed by atoms with van der Waals surface area (Å²) in [5.41, 5.74) is 4.82. The maximum atomic E-state index is 5.42. The van der Waals surface area contributed by atoms with Crippen LogP contribution >= 0.6 is 12.2 Å². The molecule has 1 aromatic carbocycles. The minimum atomic E-state index is 0.546. The Balaban J connectivity index is 2.02. The smallest absolute Gasteiger partial charge is 0.139 e. The molecule has 2 N–H and O–H groups in total. The second-order valence-electron chi connectivity index (χ2n) is 5.55. The number of H-pyrrole nitrogens is 1. The first-order valence-electron chi connectivity index (χ1n) is 7.08. The Morgan fingerprint density at radius 3 is 2.65 bits per heavy atom. The largest absolute Gasteiger partial charge is 0.343 e. The van der Waals surface area contributed by atoms with Crippen molar-refractivity contribution >= 4 is 12.2 Å². The van der Waals surface area contributed by atoms with Crippen molar-refractivity contribution in [1.82, 2.24) is 15.3 Å². The van der Waals surface area contributed by atoms with Crippen LogP contribution in [0, 0.1) is 4.64 Å². The van der Waals surface area contributed by atoms with Crippen molar-refractivity contribution in [2.45, 2.75) is 32.7 Å². The molecule has 0 spiro atoms. The molecular formula is C16H19N3S. The van der Waals surface area contributed by atoms with Gasteiger partial charge in [0.25, 0.3) is 0 Å². The molecule has 0 amide bonds. The average Bonchev–Trinajstić information content (AvgIpc) is 2.47. The van der Waals surface area contributed by atoms with Gasteiger partial charge in [0.1, 0.15) is 10.5 Å². The van der Waals surface area contributed by atoms with Gasteiger partial charge in [-0.1, -0.05) is 50.3 Å². The molecule has 104 valence electrons. The lowest BCUT2D eigenvalue weighted by Crippen LogP contribution is -2.25. The van der Waals surface area contributed by atoms with Crippen LogP contribution in [-0.4, -0.2) is 16.5 Å². The van der Waals surface area contributed by atoms with E-state index in [1.54, 1.807) is 0 Å². The molecule has 3 rings (SSSR count). The predicted molar refractivity (Wildman–Crippen MR) is 84.4 cm³/mol. The second-order valence-corrected chi connectivity index (χ2v) is 5.94. The maximum absolute atomic E-state index is 5.42. The molecule has 1 aliphatic heterocycles. The van der Waals surface area contributed by atoms with Gasteiger partial charge in [-0.25, -0.2) is 4.98 Å². The third-order valence-electron chi connectivity index (χ3n) is 3.81. The SMILES string of the molecule is CC(C)c1ccc(-c2nc(=S)c3c([nH]2)CCNC3)cc1. The van der Waals surface area contributed by atoms with E-state index < -0.39 is 0 Å². The standard InChI is InChI=1S/C16H19N3S/c1-10(2)11-3-5-12(6-4-11)15-18-14-7-8-17-9-13(14)16(20)19-15/h3-6,10,17H,7-9H2,1-2H3,(H,18,19,20). The number of aromatic nitrogens is 2. The lowest BCUT2D eigenvalue weighted by molar-refractivity contribution is 0.624. The van der Waals surface area contributed by atoms with Crippen LogP contribution in [0.2, 0.25) is 0 Å². The number of fused-ring (bicyclic) bond motifs is 1. The topological polar surface area (TPSA) is 40.7 Å². The summed E-state index contributed by atoms with van der Waals surface area (Å²) in [5, 5.41) is 3.33. The summed E-state index contributed by atoms with van der Waals surface area (Å²) in [7, 11) is 0. The summed E-state index contributed by atoms with van der Waals surface area (Å²) in [6.07, 6.45) is 0.985. The van der Waals surface area contributed by atoms with Gasteiger partial charge in [0.15, 0.2) is 0 Å². The fourth-order valence-corrected chi connectivity index (χ4v) is 2.82. The highest BCUT2D eigenvalue weighted by Gasteiger charge is 2.13. The third-order valence-corrected chi connectivity index (χ3v) is 4.15. The highest BCUT2D eigenvalue weighted by atomic mass is 32.1. The molecule has 4 heteroatoms. The van der Waals surface area contributed by atoms with Crippen LogP contribution in [0.1, 0.15) is 36.6 Å². The number of aromatic amines is 1. The Labute approximate surface area is 124 Å². The highest BCUT2D eigenvalue weighted by molar-refractivity contribution is 7.71. The molecule has 0 atom stereocenters. The Bertz CT molecular complexity index is 671. The molecule has 3 nitrogen and oxygen atoms in total. The normalized spacial score (nSPS) is 14.3. The molecule has 0 saturated carbocycles. The zero-order valence-corrected chi connectivity index (χ0v) is 12.7. The molecule has 2 heterocycles. The van der Waals surface area contributed by atoms with E-state index in [9.17, 15) is 0 Å². The average molecular weight is 285 g/mol. The van der Waals surface area contributed by atoms with Crippen LogP contribution in [0.5, 0.6) is 0 Å². The highest BCUT2D eigenvalue weighted by Crippen LogP contribution is 2.22. The molecule has 0 bridgehead atoms. The zero-order chi connectivity index (χ0) is 14.1. The van der Waals surface area contributed by atoms with Gasteiger partial charge in [0.05, 0.1) is 0 Å². The van der Waals surface area contributed by atoms with Gasteiger partial charge in [0.2, 0.25) is 0 Å². The molecule has 0 fully saturated rings. The van der Waals surface area contributed by atoms with E-state index in [1.165, 1.54) is 11.3 Å². The maximum Gasteiger partial charge on any atom is 0.139 e. The number of nitrogens with zero attached hydrogens (tertiary/aromatic N) is 1. The first-order valence-corrected chi connectivity index (χ1v) is 7.49. The van der Waals surface area contributed by atoms with Crippen molar-refractivity contribution in [2.24, 2.45) is 0 Å². The summed E-state index contributed by atoms with van der Waals surface area (Å²) >= 11 is 5.42. The van der Waals surface area contributed by atoms with Crippen LogP contribution in [0.4, 0.5) is 0 Å². The molecule has 1 aromatic heterocycles. The number of rotatable bonds is 2. The van der Waals surface area contributed by atoms with Crippen molar-refractivity contribution in [3.63, 3.8) is 0 Å². The summed E-state index contributed by atoms with van der Waals surface area (Å²) < 4.78 is 0.717. The second kappa shape index (κ2) is 5.46. The van der Waals surface area contributed by atoms with Crippen molar-refractivity contribution in [2.75, 3.05) is 6.54 Å². The van der Waals surface area contributed by atoms with Crippen molar-refractivity contribution in [3.8, 4) is 11.4 Å². The van der Waals surface area contributed by atoms with E-state index in [0.717, 1.165) is 36.5 Å². The first-order chi connectivity index (χ1) is 9.65. The van der Waals surface area contributed by atoms with E-state index >= 15 is 0 Å². The zero-order valence-electron chi connectivity index (χ0n) is 11.9. The van der Waals surface area contributed by atoms with Gasteiger partial charge in [0, 0.05) is 36.3 Å². The minimum absolute atomic E-state index is 0.546. The van der Waals surface area contributed by atoms with Crippen LogP contribution in [0.15, 0.2) is 24.3 Å². The van der Waals surface area contributed by atoms with Crippen molar-refractivity contribution in [1.29, 1.82) is 0 Å². The van der Waals surface area contributed by atoms with Crippen molar-refractivity contribution < 1.29 is 0 Å². The van der Waals surface area contributed by atoms with Crippen LogP contribution < -0.4 is 5.32 Å². The molecule has 0 unspecified atom stereocenters. The molecular weight excluding hydrogens is 266 g/mol. The van der Waals surface area contributed by atoms with E-state index in [0.29, 0.717) is 10.6 Å². The molecule has 2 aromatic rings. The first kappa shape index (κ1) is 13.5. The fraction of sp³-hybridized carbons (Fsp3) is 0.375. The third kappa shape index (κ3) is 2.53. The van der Waals surface area contributed by atoms with Gasteiger partial charge in [-0.2, -0.15) is 0 Å². The van der Waals surface area contributed by atoms with E-state index in [1.807, 2.05) is 0 Å². The van der Waals surface area contributed by atoms with Gasteiger partial charge >= 0.3 is 0 Å². The van der Waals surface area contributed by atoms with Crippen LogP contribution in [0.3, 0.4) is 0 Å². The molecule has 0 radical (unpaired) electrons. The van der Waals surface area contributed by atoms with Gasteiger partial charge in [-0.05, 0) is 11.5 Å². The fourth-order valence-electron chi connectivity index (χ4n) is 2.53. The van der Waals surface area contributed by atoms with Crippen molar-refractivity contribution in [3.05, 3.63) is 45.7 Å². The number of hydrogen-bond donors (Lipinski definition) is 2. The van der Waals surface area contributed by atoms with Crippen LogP contribution in [0.25, 0.3) is 11.4 Å². The van der Waals surface area contributed by atoms with E-state index in [2.05, 4.69) is 53.4 Å². The molecule has 1 aliphatic rings. The Hall–Kier alpha value is -1.52. The number of benzene rings is 1. The summed E-state index contributed by atoms with van der Waals surface area (Å²) in [5.74, 6) is 1.43. The van der Waals surface area contributed by atoms with Gasteiger partial charge < -0.3 is 10.3 Å². The quantitative estimate of drug-likeness (QED) is 0.829. The molecule has 0 aliphatic carbocycles. The van der Waals surface area contributed by atoms with Gasteiger partial charge in [-0.3, -0.25) is 0 Å². The van der Waals surface area contributed by atoms with E-state index in [-0.39, 0.29) is 0 Å².